The molecule has 0 aromatic carbocycles. The van der Waals surface area contributed by atoms with E-state index < -0.39 is 0 Å². The van der Waals surface area contributed by atoms with Gasteiger partial charge in [0.25, 0.3) is 0 Å². The smallest absolute Gasteiger partial charge is 0.308 e. The second-order valence-electron chi connectivity index (χ2n) is 4.48. The lowest BCUT2D eigenvalue weighted by Crippen LogP contribution is -2.44. The highest BCUT2D eigenvalue weighted by Crippen LogP contribution is 2.30. The molecule has 1 saturated carbocycles. The van der Waals surface area contributed by atoms with Crippen molar-refractivity contribution < 1.29 is 14.3 Å². The van der Waals surface area contributed by atoms with Gasteiger partial charge in [0, 0.05) is 19.6 Å². The van der Waals surface area contributed by atoms with Crippen molar-refractivity contribution in [1.29, 1.82) is 0 Å². The monoisotopic (exact) mass is 213 g/mol. The zero-order valence-corrected chi connectivity index (χ0v) is 9.28. The average Bonchev–Trinajstić information content (AvgIpc) is 3.02. The van der Waals surface area contributed by atoms with E-state index in [1.54, 1.807) is 0 Å². The highest BCUT2D eigenvalue weighted by atomic mass is 16.5. The zero-order valence-electron chi connectivity index (χ0n) is 9.28. The number of methoxy groups -OCH3 is 1. The fourth-order valence-corrected chi connectivity index (χ4v) is 2.00. The van der Waals surface area contributed by atoms with Crippen LogP contribution in [0.4, 0.5) is 0 Å². The SMILES string of the molecule is COC(=O)CC1CN(CC2CC2)CCO1. The van der Waals surface area contributed by atoms with Gasteiger partial charge in [-0.05, 0) is 18.8 Å². The lowest BCUT2D eigenvalue weighted by molar-refractivity contribution is -0.145. The summed E-state index contributed by atoms with van der Waals surface area (Å²) in [5, 5.41) is 0. The first-order valence-corrected chi connectivity index (χ1v) is 5.68. The maximum atomic E-state index is 11.1. The summed E-state index contributed by atoms with van der Waals surface area (Å²) >= 11 is 0. The molecule has 2 aliphatic rings. The van der Waals surface area contributed by atoms with E-state index in [9.17, 15) is 4.79 Å². The van der Waals surface area contributed by atoms with Gasteiger partial charge < -0.3 is 9.47 Å². The Kier molecular flexibility index (Phi) is 3.59. The van der Waals surface area contributed by atoms with Crippen LogP contribution in [0.5, 0.6) is 0 Å². The van der Waals surface area contributed by atoms with Gasteiger partial charge in [0.15, 0.2) is 0 Å². The zero-order chi connectivity index (χ0) is 10.7. The highest BCUT2D eigenvalue weighted by molar-refractivity contribution is 5.69. The Morgan fingerprint density at radius 3 is 3.00 bits per heavy atom. The number of hydrogen-bond acceptors (Lipinski definition) is 4. The topological polar surface area (TPSA) is 38.8 Å². The first kappa shape index (κ1) is 10.9. The number of carbonyl (C=O) groups excluding carboxylic acids is 1. The van der Waals surface area contributed by atoms with Crippen LogP contribution in [0, 0.1) is 5.92 Å². The molecule has 1 atom stereocenters. The summed E-state index contributed by atoms with van der Waals surface area (Å²) in [6, 6.07) is 0. The predicted molar refractivity (Wildman–Crippen MR) is 55.5 cm³/mol. The minimum absolute atomic E-state index is 0.0324. The van der Waals surface area contributed by atoms with Crippen molar-refractivity contribution in [2.75, 3.05) is 33.4 Å². The third-order valence-electron chi connectivity index (χ3n) is 3.06. The molecule has 1 unspecified atom stereocenters. The van der Waals surface area contributed by atoms with Crippen LogP contribution in [0.25, 0.3) is 0 Å². The second kappa shape index (κ2) is 4.94. The van der Waals surface area contributed by atoms with Gasteiger partial charge in [-0.3, -0.25) is 9.69 Å². The number of morpholine rings is 1. The molecule has 4 heteroatoms. The molecule has 15 heavy (non-hydrogen) atoms. The van der Waals surface area contributed by atoms with Gasteiger partial charge in [0.2, 0.25) is 0 Å². The van der Waals surface area contributed by atoms with Crippen molar-refractivity contribution in [3.63, 3.8) is 0 Å². The molecular formula is C11H19NO3. The van der Waals surface area contributed by atoms with Gasteiger partial charge in [-0.15, -0.1) is 0 Å². The van der Waals surface area contributed by atoms with Gasteiger partial charge >= 0.3 is 5.97 Å². The van der Waals surface area contributed by atoms with Crippen LogP contribution in [0.3, 0.4) is 0 Å². The molecule has 1 saturated heterocycles. The maximum absolute atomic E-state index is 11.1. The van der Waals surface area contributed by atoms with E-state index in [1.165, 1.54) is 26.5 Å². The van der Waals surface area contributed by atoms with Crippen LogP contribution in [-0.2, 0) is 14.3 Å². The van der Waals surface area contributed by atoms with E-state index in [0.717, 1.165) is 25.6 Å². The molecule has 2 fully saturated rings. The maximum Gasteiger partial charge on any atom is 0.308 e. The van der Waals surface area contributed by atoms with Crippen molar-refractivity contribution >= 4 is 5.97 Å². The van der Waals surface area contributed by atoms with Gasteiger partial charge in [0.1, 0.15) is 0 Å². The van der Waals surface area contributed by atoms with E-state index in [4.69, 9.17) is 4.74 Å². The molecule has 0 aromatic heterocycles. The Hall–Kier alpha value is -0.610. The van der Waals surface area contributed by atoms with Gasteiger partial charge in [-0.25, -0.2) is 0 Å². The summed E-state index contributed by atoms with van der Waals surface area (Å²) in [6.07, 6.45) is 3.17. The van der Waals surface area contributed by atoms with Gasteiger partial charge in [-0.1, -0.05) is 0 Å². The van der Waals surface area contributed by atoms with E-state index in [1.807, 2.05) is 0 Å². The Labute approximate surface area is 90.5 Å². The molecule has 1 heterocycles. The van der Waals surface area contributed by atoms with Crippen LogP contribution < -0.4 is 0 Å². The van der Waals surface area contributed by atoms with Crippen molar-refractivity contribution in [2.45, 2.75) is 25.4 Å². The van der Waals surface area contributed by atoms with E-state index >= 15 is 0 Å². The minimum Gasteiger partial charge on any atom is -0.469 e. The van der Waals surface area contributed by atoms with Crippen molar-refractivity contribution in [2.24, 2.45) is 5.92 Å². The van der Waals surface area contributed by atoms with E-state index in [-0.39, 0.29) is 12.1 Å². The number of carbonyl (C=O) groups is 1. The molecule has 1 aliphatic carbocycles. The molecule has 0 amide bonds. The fourth-order valence-electron chi connectivity index (χ4n) is 2.00. The number of nitrogens with zero attached hydrogens (tertiary/aromatic N) is 1. The molecule has 86 valence electrons. The van der Waals surface area contributed by atoms with Gasteiger partial charge in [0.05, 0.1) is 26.2 Å². The van der Waals surface area contributed by atoms with Crippen LogP contribution in [0.2, 0.25) is 0 Å². The summed E-state index contributed by atoms with van der Waals surface area (Å²) in [4.78, 5) is 13.5. The summed E-state index contributed by atoms with van der Waals surface area (Å²) in [6.45, 7) is 3.81. The summed E-state index contributed by atoms with van der Waals surface area (Å²) in [5.74, 6) is 0.732. The number of rotatable bonds is 4. The summed E-state index contributed by atoms with van der Waals surface area (Å²) in [5.41, 5.74) is 0. The minimum atomic E-state index is -0.173. The normalized spacial score (nSPS) is 27.7. The van der Waals surface area contributed by atoms with Crippen LogP contribution in [0.15, 0.2) is 0 Å². The third-order valence-corrected chi connectivity index (χ3v) is 3.06. The van der Waals surface area contributed by atoms with Crippen LogP contribution in [-0.4, -0.2) is 50.3 Å². The molecule has 0 bridgehead atoms. The van der Waals surface area contributed by atoms with Crippen molar-refractivity contribution in [3.05, 3.63) is 0 Å². The molecule has 0 radical (unpaired) electrons. The predicted octanol–water partition coefficient (Wildman–Crippen LogP) is 0.660. The Bertz CT molecular complexity index is 228. The summed E-state index contributed by atoms with van der Waals surface area (Å²) < 4.78 is 10.2. The van der Waals surface area contributed by atoms with Crippen molar-refractivity contribution in [1.82, 2.24) is 4.90 Å². The van der Waals surface area contributed by atoms with Crippen LogP contribution >= 0.6 is 0 Å². The number of ether oxygens (including phenoxy) is 2. The molecule has 2 rings (SSSR count). The molecule has 4 nitrogen and oxygen atoms in total. The Morgan fingerprint density at radius 1 is 1.53 bits per heavy atom. The quantitative estimate of drug-likeness (QED) is 0.643. The molecule has 0 N–H and O–H groups in total. The summed E-state index contributed by atoms with van der Waals surface area (Å²) in [7, 11) is 1.42. The Balaban J connectivity index is 1.73. The van der Waals surface area contributed by atoms with Crippen molar-refractivity contribution in [3.8, 4) is 0 Å². The Morgan fingerprint density at radius 2 is 2.33 bits per heavy atom. The average molecular weight is 213 g/mol. The fraction of sp³-hybridized carbons (Fsp3) is 0.909. The number of hydrogen-bond donors (Lipinski definition) is 0. The molecular weight excluding hydrogens is 194 g/mol. The van der Waals surface area contributed by atoms with E-state index in [0.29, 0.717) is 6.42 Å². The first-order valence-electron chi connectivity index (χ1n) is 5.68. The van der Waals surface area contributed by atoms with Crippen LogP contribution in [0.1, 0.15) is 19.3 Å². The third kappa shape index (κ3) is 3.47. The molecule has 1 aliphatic heterocycles. The lowest BCUT2D eigenvalue weighted by atomic mass is 10.2. The highest BCUT2D eigenvalue weighted by Gasteiger charge is 2.28. The lowest BCUT2D eigenvalue weighted by Gasteiger charge is -2.32. The number of esters is 1. The molecule has 0 spiro atoms. The first-order chi connectivity index (χ1) is 7.28. The standard InChI is InChI=1S/C11H19NO3/c1-14-11(13)6-10-8-12(4-5-15-10)7-9-2-3-9/h9-10H,2-8H2,1H3. The largest absolute Gasteiger partial charge is 0.469 e. The van der Waals surface area contributed by atoms with Gasteiger partial charge in [-0.2, -0.15) is 0 Å². The molecule has 0 aromatic rings. The second-order valence-corrected chi connectivity index (χ2v) is 4.48. The van der Waals surface area contributed by atoms with E-state index in [2.05, 4.69) is 9.64 Å².